The number of fused-ring (bicyclic) bond motifs is 2. The first-order valence-electron chi connectivity index (χ1n) is 8.00. The Kier molecular flexibility index (Phi) is 6.72. The summed E-state index contributed by atoms with van der Waals surface area (Å²) in [6.07, 6.45) is 0. The van der Waals surface area contributed by atoms with Gasteiger partial charge in [-0.1, -0.05) is 24.6 Å². The Hall–Kier alpha value is -1.04. The van der Waals surface area contributed by atoms with Gasteiger partial charge in [0.15, 0.2) is 0 Å². The summed E-state index contributed by atoms with van der Waals surface area (Å²) in [5.74, 6) is 0. The molecule has 0 saturated carbocycles. The van der Waals surface area contributed by atoms with E-state index in [9.17, 15) is 0 Å². The molecule has 0 aliphatic carbocycles. The molecule has 118 valence electrons. The van der Waals surface area contributed by atoms with Gasteiger partial charge in [-0.25, -0.2) is 0 Å². The van der Waals surface area contributed by atoms with Crippen LogP contribution in [0.25, 0.3) is 21.5 Å². The Morgan fingerprint density at radius 2 is 1.58 bits per heavy atom. The van der Waals surface area contributed by atoms with Crippen LogP contribution in [-0.2, 0) is 25.8 Å². The average molecular weight is 497 g/mol. The fourth-order valence-corrected chi connectivity index (χ4v) is 3.72. The van der Waals surface area contributed by atoms with E-state index in [1.807, 2.05) is 0 Å². The molecule has 0 spiro atoms. The van der Waals surface area contributed by atoms with Gasteiger partial charge >= 0.3 is 25.8 Å². The van der Waals surface area contributed by atoms with Gasteiger partial charge in [-0.2, -0.15) is 18.2 Å². The molecule has 0 fully saturated rings. The summed E-state index contributed by atoms with van der Waals surface area (Å²) in [7, 11) is 0.0576. The smallest absolute Gasteiger partial charge is 0.168 e. The first-order valence-corrected chi connectivity index (χ1v) is 10.2. The third-order valence-electron chi connectivity index (χ3n) is 4.37. The molecule has 0 N–H and O–H groups in total. The van der Waals surface area contributed by atoms with E-state index in [4.69, 9.17) is 0 Å². The van der Waals surface area contributed by atoms with Gasteiger partial charge < -0.3 is 0 Å². The van der Waals surface area contributed by atoms with Crippen molar-refractivity contribution in [1.82, 2.24) is 0 Å². The fraction of sp³-hybridized carbons (Fsp3) is 0.182. The first-order chi connectivity index (χ1) is 11.1. The van der Waals surface area contributed by atoms with E-state index in [0.29, 0.717) is 0 Å². The van der Waals surface area contributed by atoms with Crippen LogP contribution in [0.1, 0.15) is 11.1 Å². The van der Waals surface area contributed by atoms with E-state index >= 15 is 0 Å². The Balaban J connectivity index is 0.000000167. The average Bonchev–Trinajstić information content (AvgIpc) is 3.18. The van der Waals surface area contributed by atoms with Gasteiger partial charge in [0.1, 0.15) is 0 Å². The minimum absolute atomic E-state index is 0. The van der Waals surface area contributed by atoms with Gasteiger partial charge in [0.25, 0.3) is 0 Å². The van der Waals surface area contributed by atoms with Crippen LogP contribution < -0.4 is 5.30 Å². The van der Waals surface area contributed by atoms with Gasteiger partial charge in [-0.05, 0) is 20.3 Å². The third-order valence-corrected chi connectivity index (χ3v) is 5.66. The van der Waals surface area contributed by atoms with Crippen LogP contribution in [-0.4, -0.2) is 13.3 Å². The SMILES string of the molecule is CP(C)c1cc2ccccc2[cH-]1.Cc1ccc(C)c2[cH-]ccc12.[Hf+4]. The van der Waals surface area contributed by atoms with Crippen LogP contribution in [0.2, 0.25) is 0 Å². The van der Waals surface area contributed by atoms with E-state index in [0.717, 1.165) is 0 Å². The molecule has 0 nitrogen and oxygen atoms in total. The molecule has 0 aromatic heterocycles. The van der Waals surface area contributed by atoms with Crippen molar-refractivity contribution in [1.29, 1.82) is 0 Å². The van der Waals surface area contributed by atoms with Crippen molar-refractivity contribution in [2.75, 3.05) is 13.3 Å². The van der Waals surface area contributed by atoms with Gasteiger partial charge in [0, 0.05) is 0 Å². The summed E-state index contributed by atoms with van der Waals surface area (Å²) in [6.45, 7) is 8.90. The zero-order chi connectivity index (χ0) is 16.4. The van der Waals surface area contributed by atoms with E-state index in [1.165, 1.54) is 38.0 Å². The third kappa shape index (κ3) is 4.13. The topological polar surface area (TPSA) is 0 Å². The molecule has 24 heavy (non-hydrogen) atoms. The maximum Gasteiger partial charge on any atom is 4.00 e. The van der Waals surface area contributed by atoms with Crippen LogP contribution in [0, 0.1) is 13.8 Å². The number of hydrogen-bond donors (Lipinski definition) is 0. The second kappa shape index (κ2) is 8.37. The summed E-state index contributed by atoms with van der Waals surface area (Å²) in [6, 6.07) is 24.0. The standard InChI is InChI=1S/C11H12P.C11H11.Hf/c1-12(2)11-7-9-5-3-4-6-10(9)8-11;1-8-6-7-9(2)11-5-3-4-10(8)11;/h3-8H,1-2H3;3-7H,1-2H3;/q2*-1;+4. The predicted molar refractivity (Wildman–Crippen MR) is 107 cm³/mol. The van der Waals surface area contributed by atoms with E-state index in [1.54, 1.807) is 0 Å². The molecule has 4 aromatic carbocycles. The molecular formula is C22H23HfP+2. The minimum Gasteiger partial charge on any atom is -0.168 e. The molecule has 2 heteroatoms. The number of hydrogen-bond acceptors (Lipinski definition) is 0. The molecule has 0 heterocycles. The van der Waals surface area contributed by atoms with E-state index in [-0.39, 0.29) is 33.8 Å². The van der Waals surface area contributed by atoms with Crippen molar-refractivity contribution < 1.29 is 25.8 Å². The van der Waals surface area contributed by atoms with Crippen molar-refractivity contribution in [2.24, 2.45) is 0 Å². The maximum absolute atomic E-state index is 2.31. The van der Waals surface area contributed by atoms with Crippen LogP contribution in [0.15, 0.2) is 66.7 Å². The Labute approximate surface area is 165 Å². The molecule has 0 amide bonds. The van der Waals surface area contributed by atoms with Crippen molar-refractivity contribution in [3.05, 3.63) is 77.9 Å². The number of rotatable bonds is 1. The molecule has 0 radical (unpaired) electrons. The van der Waals surface area contributed by atoms with Crippen LogP contribution in [0.3, 0.4) is 0 Å². The molecule has 0 aliphatic heterocycles. The Morgan fingerprint density at radius 3 is 2.25 bits per heavy atom. The number of aryl methyl sites for hydroxylation is 2. The van der Waals surface area contributed by atoms with Gasteiger partial charge in [-0.15, -0.1) is 76.7 Å². The molecule has 0 unspecified atom stereocenters. The minimum atomic E-state index is 0. The maximum atomic E-state index is 2.31. The summed E-state index contributed by atoms with van der Waals surface area (Å²) in [4.78, 5) is 0. The Bertz CT molecular complexity index is 858. The van der Waals surface area contributed by atoms with Gasteiger partial charge in [-0.3, -0.25) is 0 Å². The number of benzene rings is 2. The zero-order valence-corrected chi connectivity index (χ0v) is 19.3. The Morgan fingerprint density at radius 1 is 0.875 bits per heavy atom. The molecule has 0 bridgehead atoms. The van der Waals surface area contributed by atoms with Crippen molar-refractivity contribution in [2.45, 2.75) is 13.8 Å². The molecule has 0 saturated heterocycles. The first kappa shape index (κ1) is 19.3. The summed E-state index contributed by atoms with van der Waals surface area (Å²) >= 11 is 0. The van der Waals surface area contributed by atoms with Crippen molar-refractivity contribution >= 4 is 34.8 Å². The molecule has 4 aromatic rings. The van der Waals surface area contributed by atoms with Crippen molar-refractivity contribution in [3.8, 4) is 0 Å². The molecule has 0 aliphatic rings. The van der Waals surface area contributed by atoms with Crippen LogP contribution >= 0.6 is 7.92 Å². The molecule has 4 rings (SSSR count). The van der Waals surface area contributed by atoms with E-state index < -0.39 is 0 Å². The second-order valence-electron chi connectivity index (χ2n) is 6.29. The normalized spacial score (nSPS) is 10.5. The fourth-order valence-electron chi connectivity index (χ4n) is 2.93. The largest absolute Gasteiger partial charge is 4.00 e. The van der Waals surface area contributed by atoms with Gasteiger partial charge in [0.2, 0.25) is 0 Å². The van der Waals surface area contributed by atoms with Crippen LogP contribution in [0.4, 0.5) is 0 Å². The summed E-state index contributed by atoms with van der Waals surface area (Å²) < 4.78 is 0. The zero-order valence-electron chi connectivity index (χ0n) is 14.8. The van der Waals surface area contributed by atoms with Gasteiger partial charge in [0.05, 0.1) is 0 Å². The summed E-state index contributed by atoms with van der Waals surface area (Å²) in [5, 5.41) is 7.05. The van der Waals surface area contributed by atoms with Crippen LogP contribution in [0.5, 0.6) is 0 Å². The monoisotopic (exact) mass is 498 g/mol. The molecule has 0 atom stereocenters. The molecular weight excluding hydrogens is 474 g/mol. The quantitative estimate of drug-likeness (QED) is 0.170. The van der Waals surface area contributed by atoms with Crippen molar-refractivity contribution in [3.63, 3.8) is 0 Å². The predicted octanol–water partition coefficient (Wildman–Crippen LogP) is 6.10. The van der Waals surface area contributed by atoms with E-state index in [2.05, 4.69) is 93.9 Å². The summed E-state index contributed by atoms with van der Waals surface area (Å²) in [5.41, 5.74) is 2.74. The second-order valence-corrected chi connectivity index (χ2v) is 8.59.